The molecular weight excluding hydrogens is 179 g/mol. The van der Waals surface area contributed by atoms with Crippen LogP contribution in [0.25, 0.3) is 11.3 Å². The SMILES string of the molecule is CCc1ncc(F)cc1-c1ccc[nH]1. The number of aryl methyl sites for hydroxylation is 1. The van der Waals surface area contributed by atoms with Gasteiger partial charge in [-0.2, -0.15) is 0 Å². The molecule has 0 saturated carbocycles. The summed E-state index contributed by atoms with van der Waals surface area (Å²) < 4.78 is 13.0. The molecule has 0 aromatic carbocycles. The van der Waals surface area contributed by atoms with Crippen molar-refractivity contribution in [2.45, 2.75) is 13.3 Å². The van der Waals surface area contributed by atoms with Gasteiger partial charge in [-0.15, -0.1) is 0 Å². The Morgan fingerprint density at radius 1 is 1.50 bits per heavy atom. The first-order valence-electron chi connectivity index (χ1n) is 4.59. The van der Waals surface area contributed by atoms with E-state index in [0.717, 1.165) is 23.4 Å². The Balaban J connectivity index is 2.55. The molecule has 1 N–H and O–H groups in total. The van der Waals surface area contributed by atoms with Crippen LogP contribution in [0.5, 0.6) is 0 Å². The third-order valence-electron chi connectivity index (χ3n) is 2.16. The van der Waals surface area contributed by atoms with Crippen molar-refractivity contribution in [1.82, 2.24) is 9.97 Å². The zero-order valence-electron chi connectivity index (χ0n) is 7.92. The predicted octanol–water partition coefficient (Wildman–Crippen LogP) is 2.78. The molecule has 0 aliphatic rings. The second kappa shape index (κ2) is 3.62. The fraction of sp³-hybridized carbons (Fsp3) is 0.182. The summed E-state index contributed by atoms with van der Waals surface area (Å²) in [6.07, 6.45) is 3.87. The molecule has 2 heterocycles. The van der Waals surface area contributed by atoms with Gasteiger partial charge in [0.25, 0.3) is 0 Å². The largest absolute Gasteiger partial charge is 0.361 e. The number of rotatable bonds is 2. The average Bonchev–Trinajstić information content (AvgIpc) is 2.70. The summed E-state index contributed by atoms with van der Waals surface area (Å²) in [6.45, 7) is 2.01. The van der Waals surface area contributed by atoms with Crippen LogP contribution in [-0.4, -0.2) is 9.97 Å². The summed E-state index contributed by atoms with van der Waals surface area (Å²) in [5, 5.41) is 0. The fourth-order valence-electron chi connectivity index (χ4n) is 1.48. The monoisotopic (exact) mass is 190 g/mol. The van der Waals surface area contributed by atoms with Crippen LogP contribution in [-0.2, 0) is 6.42 Å². The summed E-state index contributed by atoms with van der Waals surface area (Å²) in [7, 11) is 0. The summed E-state index contributed by atoms with van der Waals surface area (Å²) >= 11 is 0. The molecule has 0 saturated heterocycles. The second-order valence-corrected chi connectivity index (χ2v) is 3.09. The lowest BCUT2D eigenvalue weighted by molar-refractivity contribution is 0.620. The molecule has 0 bridgehead atoms. The minimum absolute atomic E-state index is 0.299. The van der Waals surface area contributed by atoms with Gasteiger partial charge >= 0.3 is 0 Å². The predicted molar refractivity (Wildman–Crippen MR) is 53.4 cm³/mol. The van der Waals surface area contributed by atoms with E-state index in [1.165, 1.54) is 12.3 Å². The number of nitrogens with zero attached hydrogens (tertiary/aromatic N) is 1. The normalized spacial score (nSPS) is 10.4. The third-order valence-corrected chi connectivity index (χ3v) is 2.16. The molecule has 0 unspecified atom stereocenters. The first-order valence-corrected chi connectivity index (χ1v) is 4.59. The van der Waals surface area contributed by atoms with Crippen molar-refractivity contribution in [3.05, 3.63) is 42.1 Å². The van der Waals surface area contributed by atoms with Crippen LogP contribution in [0, 0.1) is 5.82 Å². The lowest BCUT2D eigenvalue weighted by atomic mass is 10.1. The molecule has 2 aromatic rings. The number of H-pyrrole nitrogens is 1. The van der Waals surface area contributed by atoms with E-state index in [0.29, 0.717) is 0 Å². The van der Waals surface area contributed by atoms with E-state index in [9.17, 15) is 4.39 Å². The van der Waals surface area contributed by atoms with Crippen molar-refractivity contribution in [3.63, 3.8) is 0 Å². The van der Waals surface area contributed by atoms with E-state index < -0.39 is 0 Å². The van der Waals surface area contributed by atoms with Crippen molar-refractivity contribution in [1.29, 1.82) is 0 Å². The standard InChI is InChI=1S/C11H11FN2/c1-2-10-9(6-8(12)7-14-10)11-4-3-5-13-11/h3-7,13H,2H2,1H3. The van der Waals surface area contributed by atoms with Gasteiger partial charge in [0, 0.05) is 23.1 Å². The van der Waals surface area contributed by atoms with Crippen LogP contribution < -0.4 is 0 Å². The Hall–Kier alpha value is -1.64. The topological polar surface area (TPSA) is 28.7 Å². The molecule has 0 amide bonds. The van der Waals surface area contributed by atoms with Crippen molar-refractivity contribution in [2.24, 2.45) is 0 Å². The summed E-state index contributed by atoms with van der Waals surface area (Å²) in [5.41, 5.74) is 2.67. The van der Waals surface area contributed by atoms with Crippen molar-refractivity contribution < 1.29 is 4.39 Å². The fourth-order valence-corrected chi connectivity index (χ4v) is 1.48. The van der Waals surface area contributed by atoms with Crippen molar-refractivity contribution >= 4 is 0 Å². The number of hydrogen-bond acceptors (Lipinski definition) is 1. The van der Waals surface area contributed by atoms with Crippen molar-refractivity contribution in [3.8, 4) is 11.3 Å². The Bertz CT molecular complexity index is 421. The Labute approximate surface area is 81.8 Å². The van der Waals surface area contributed by atoms with Gasteiger partial charge in [0.2, 0.25) is 0 Å². The van der Waals surface area contributed by atoms with E-state index in [1.54, 1.807) is 0 Å². The molecule has 0 radical (unpaired) electrons. The highest BCUT2D eigenvalue weighted by Crippen LogP contribution is 2.21. The second-order valence-electron chi connectivity index (χ2n) is 3.09. The van der Waals surface area contributed by atoms with E-state index in [4.69, 9.17) is 0 Å². The van der Waals surface area contributed by atoms with Gasteiger partial charge in [-0.05, 0) is 24.6 Å². The molecule has 0 spiro atoms. The van der Waals surface area contributed by atoms with Gasteiger partial charge < -0.3 is 4.98 Å². The highest BCUT2D eigenvalue weighted by Gasteiger charge is 2.06. The lowest BCUT2D eigenvalue weighted by Crippen LogP contribution is -1.93. The quantitative estimate of drug-likeness (QED) is 0.775. The van der Waals surface area contributed by atoms with Gasteiger partial charge in [0.05, 0.1) is 6.20 Å². The zero-order valence-corrected chi connectivity index (χ0v) is 7.92. The molecule has 2 rings (SSSR count). The van der Waals surface area contributed by atoms with Crippen LogP contribution in [0.3, 0.4) is 0 Å². The summed E-state index contributed by atoms with van der Waals surface area (Å²) in [5.74, 6) is -0.299. The Kier molecular flexibility index (Phi) is 2.31. The third kappa shape index (κ3) is 1.53. The molecule has 3 heteroatoms. The highest BCUT2D eigenvalue weighted by atomic mass is 19.1. The van der Waals surface area contributed by atoms with Crippen LogP contribution in [0.1, 0.15) is 12.6 Å². The van der Waals surface area contributed by atoms with Gasteiger partial charge in [-0.1, -0.05) is 6.92 Å². The van der Waals surface area contributed by atoms with Crippen LogP contribution in [0.4, 0.5) is 4.39 Å². The molecule has 2 aromatic heterocycles. The van der Waals surface area contributed by atoms with E-state index in [1.807, 2.05) is 25.3 Å². The van der Waals surface area contributed by atoms with Gasteiger partial charge in [-0.25, -0.2) is 4.39 Å². The number of halogens is 1. The molecule has 72 valence electrons. The Morgan fingerprint density at radius 3 is 3.00 bits per heavy atom. The lowest BCUT2D eigenvalue weighted by Gasteiger charge is -2.04. The Morgan fingerprint density at radius 2 is 2.36 bits per heavy atom. The molecule has 0 aliphatic heterocycles. The van der Waals surface area contributed by atoms with E-state index in [2.05, 4.69) is 9.97 Å². The molecule has 2 nitrogen and oxygen atoms in total. The highest BCUT2D eigenvalue weighted by molar-refractivity contribution is 5.61. The number of pyridine rings is 1. The molecule has 0 atom stereocenters. The number of hydrogen-bond donors (Lipinski definition) is 1. The maximum atomic E-state index is 13.0. The smallest absolute Gasteiger partial charge is 0.142 e. The first kappa shape index (κ1) is 8.94. The zero-order chi connectivity index (χ0) is 9.97. The maximum Gasteiger partial charge on any atom is 0.142 e. The first-order chi connectivity index (χ1) is 6.81. The van der Waals surface area contributed by atoms with Crippen LogP contribution in [0.2, 0.25) is 0 Å². The molecular formula is C11H11FN2. The number of nitrogens with one attached hydrogen (secondary N) is 1. The average molecular weight is 190 g/mol. The summed E-state index contributed by atoms with van der Waals surface area (Å²) in [6, 6.07) is 5.31. The summed E-state index contributed by atoms with van der Waals surface area (Å²) in [4.78, 5) is 7.11. The van der Waals surface area contributed by atoms with Crippen molar-refractivity contribution in [2.75, 3.05) is 0 Å². The molecule has 0 fully saturated rings. The van der Waals surface area contributed by atoms with Crippen LogP contribution >= 0.6 is 0 Å². The minimum Gasteiger partial charge on any atom is -0.361 e. The number of aromatic nitrogens is 2. The van der Waals surface area contributed by atoms with E-state index >= 15 is 0 Å². The maximum absolute atomic E-state index is 13.0. The number of aromatic amines is 1. The van der Waals surface area contributed by atoms with E-state index in [-0.39, 0.29) is 5.82 Å². The van der Waals surface area contributed by atoms with Gasteiger partial charge in [0.15, 0.2) is 0 Å². The molecule has 0 aliphatic carbocycles. The molecule has 14 heavy (non-hydrogen) atoms. The van der Waals surface area contributed by atoms with Gasteiger partial charge in [0.1, 0.15) is 5.82 Å². The van der Waals surface area contributed by atoms with Gasteiger partial charge in [-0.3, -0.25) is 4.98 Å². The minimum atomic E-state index is -0.299. The van der Waals surface area contributed by atoms with Crippen LogP contribution in [0.15, 0.2) is 30.6 Å².